The number of hydrogen-bond acceptors (Lipinski definition) is 4. The van der Waals surface area contributed by atoms with Gasteiger partial charge in [0.05, 0.1) is 18.1 Å². The average Bonchev–Trinajstić information content (AvgIpc) is 2.98. The molecule has 3 amide bonds. The van der Waals surface area contributed by atoms with Crippen molar-refractivity contribution >= 4 is 23.7 Å². The first-order valence-corrected chi connectivity index (χ1v) is 9.00. The van der Waals surface area contributed by atoms with E-state index >= 15 is 0 Å². The van der Waals surface area contributed by atoms with Gasteiger partial charge in [-0.05, 0) is 37.3 Å². The summed E-state index contributed by atoms with van der Waals surface area (Å²) in [6.45, 7) is 2.96. The van der Waals surface area contributed by atoms with Crippen molar-refractivity contribution in [1.29, 1.82) is 0 Å². The largest absolute Gasteiger partial charge is 0.447 e. The zero-order valence-corrected chi connectivity index (χ0v) is 14.7. The van der Waals surface area contributed by atoms with E-state index in [0.29, 0.717) is 30.6 Å². The predicted molar refractivity (Wildman–Crippen MR) is 91.4 cm³/mol. The summed E-state index contributed by atoms with van der Waals surface area (Å²) in [6.07, 6.45) is 4.18. The molecule has 3 aliphatic rings. The van der Waals surface area contributed by atoms with Crippen LogP contribution in [-0.2, 0) is 11.2 Å². The Balaban J connectivity index is 1.24. The molecule has 0 bridgehead atoms. The molecule has 1 N–H and O–H groups in total. The second-order valence-corrected chi connectivity index (χ2v) is 7.66. The number of piperidine rings is 1. The van der Waals surface area contributed by atoms with E-state index in [1.54, 1.807) is 11.1 Å². The number of ether oxygens (including phenoxy) is 1. The van der Waals surface area contributed by atoms with E-state index in [0.717, 1.165) is 38.0 Å². The molecule has 7 nitrogen and oxygen atoms in total. The summed E-state index contributed by atoms with van der Waals surface area (Å²) in [5.41, 5.74) is 0.696. The van der Waals surface area contributed by atoms with Gasteiger partial charge in [-0.2, -0.15) is 0 Å². The van der Waals surface area contributed by atoms with Crippen LogP contribution < -0.4 is 5.32 Å². The number of likely N-dealkylation sites (tertiary alicyclic amines) is 2. The van der Waals surface area contributed by atoms with Crippen LogP contribution in [0.5, 0.6) is 0 Å². The third-order valence-corrected chi connectivity index (χ3v) is 5.50. The molecule has 4 rings (SSSR count). The number of hydrogen-bond donors (Lipinski definition) is 1. The molecule has 0 aromatic carbocycles. The third kappa shape index (κ3) is 3.38. The van der Waals surface area contributed by atoms with E-state index in [1.165, 1.54) is 0 Å². The molecule has 8 heteroatoms. The van der Waals surface area contributed by atoms with Crippen LogP contribution in [0, 0.1) is 5.92 Å². The molecule has 0 aliphatic carbocycles. The Morgan fingerprint density at radius 3 is 2.68 bits per heavy atom. The van der Waals surface area contributed by atoms with Crippen LogP contribution in [0.15, 0.2) is 18.3 Å². The summed E-state index contributed by atoms with van der Waals surface area (Å²) in [5.74, 6) is 0.544. The Morgan fingerprint density at radius 1 is 1.32 bits per heavy atom. The lowest BCUT2D eigenvalue weighted by molar-refractivity contribution is 0.0473. The molecule has 25 heavy (non-hydrogen) atoms. The Kier molecular flexibility index (Phi) is 4.19. The normalized spacial score (nSPS) is 22.5. The SMILES string of the molecule is O=C1NC2(CO1)CN(C(=O)N1CCC(Cc3ccc(Cl)cn3)CC1)C2. The first-order chi connectivity index (χ1) is 12.0. The molecular formula is C17H21ClN4O3. The zero-order valence-electron chi connectivity index (χ0n) is 13.9. The van der Waals surface area contributed by atoms with Gasteiger partial charge in [-0.15, -0.1) is 0 Å². The monoisotopic (exact) mass is 364 g/mol. The maximum absolute atomic E-state index is 12.6. The third-order valence-electron chi connectivity index (χ3n) is 5.28. The quantitative estimate of drug-likeness (QED) is 0.869. The lowest BCUT2D eigenvalue weighted by Crippen LogP contribution is -2.71. The predicted octanol–water partition coefficient (Wildman–Crippen LogP) is 1.90. The summed E-state index contributed by atoms with van der Waals surface area (Å²) >= 11 is 5.87. The molecular weight excluding hydrogens is 344 g/mol. The number of urea groups is 1. The molecule has 3 aliphatic heterocycles. The van der Waals surface area contributed by atoms with Gasteiger partial charge in [0, 0.05) is 25.0 Å². The number of amides is 3. The number of cyclic esters (lactones) is 1. The number of halogens is 1. The Hall–Kier alpha value is -2.02. The topological polar surface area (TPSA) is 74.8 Å². The van der Waals surface area contributed by atoms with Crippen molar-refractivity contribution in [1.82, 2.24) is 20.1 Å². The minimum atomic E-state index is -0.385. The molecule has 0 unspecified atom stereocenters. The minimum absolute atomic E-state index is 0.0647. The number of carbonyl (C=O) groups excluding carboxylic acids is 2. The molecule has 134 valence electrons. The van der Waals surface area contributed by atoms with Gasteiger partial charge in [-0.3, -0.25) is 4.98 Å². The number of nitrogens with zero attached hydrogens (tertiary/aromatic N) is 3. The first kappa shape index (κ1) is 16.4. The van der Waals surface area contributed by atoms with Crippen molar-refractivity contribution in [2.75, 3.05) is 32.8 Å². The Bertz CT molecular complexity index is 667. The molecule has 0 radical (unpaired) electrons. The number of aromatic nitrogens is 1. The fraction of sp³-hybridized carbons (Fsp3) is 0.588. The van der Waals surface area contributed by atoms with Gasteiger partial charge in [0.15, 0.2) is 0 Å². The van der Waals surface area contributed by atoms with Crippen LogP contribution in [0.4, 0.5) is 9.59 Å². The molecule has 1 aromatic rings. The minimum Gasteiger partial charge on any atom is -0.447 e. The summed E-state index contributed by atoms with van der Waals surface area (Å²) in [4.78, 5) is 31.8. The highest BCUT2D eigenvalue weighted by Crippen LogP contribution is 2.28. The summed E-state index contributed by atoms with van der Waals surface area (Å²) in [6, 6.07) is 3.90. The van der Waals surface area contributed by atoms with Gasteiger partial charge >= 0.3 is 12.1 Å². The van der Waals surface area contributed by atoms with Crippen molar-refractivity contribution in [3.63, 3.8) is 0 Å². The van der Waals surface area contributed by atoms with Crippen molar-refractivity contribution in [3.8, 4) is 0 Å². The maximum atomic E-state index is 12.6. The highest BCUT2D eigenvalue weighted by Gasteiger charge is 2.52. The van der Waals surface area contributed by atoms with E-state index in [2.05, 4.69) is 10.3 Å². The number of carbonyl (C=O) groups is 2. The second kappa shape index (κ2) is 6.37. The van der Waals surface area contributed by atoms with Gasteiger partial charge in [0.1, 0.15) is 12.1 Å². The number of pyridine rings is 1. The van der Waals surface area contributed by atoms with E-state index in [9.17, 15) is 9.59 Å². The molecule has 4 heterocycles. The lowest BCUT2D eigenvalue weighted by atomic mass is 9.90. The Labute approximate surface area is 151 Å². The number of nitrogens with one attached hydrogen (secondary N) is 1. The van der Waals surface area contributed by atoms with Gasteiger partial charge in [-0.1, -0.05) is 11.6 Å². The molecule has 1 spiro atoms. The summed E-state index contributed by atoms with van der Waals surface area (Å²) in [5, 5.41) is 3.46. The molecule has 0 atom stereocenters. The van der Waals surface area contributed by atoms with E-state index in [1.807, 2.05) is 17.0 Å². The van der Waals surface area contributed by atoms with Crippen molar-refractivity contribution < 1.29 is 14.3 Å². The van der Waals surface area contributed by atoms with Crippen LogP contribution in [0.2, 0.25) is 5.02 Å². The number of rotatable bonds is 2. The van der Waals surface area contributed by atoms with Crippen LogP contribution >= 0.6 is 11.6 Å². The average molecular weight is 365 g/mol. The second-order valence-electron chi connectivity index (χ2n) is 7.22. The fourth-order valence-electron chi connectivity index (χ4n) is 3.83. The fourth-order valence-corrected chi connectivity index (χ4v) is 3.95. The van der Waals surface area contributed by atoms with Gasteiger partial charge in [-0.25, -0.2) is 9.59 Å². The van der Waals surface area contributed by atoms with E-state index < -0.39 is 0 Å². The number of alkyl carbamates (subject to hydrolysis) is 1. The Morgan fingerprint density at radius 2 is 2.08 bits per heavy atom. The highest BCUT2D eigenvalue weighted by atomic mass is 35.5. The smallest absolute Gasteiger partial charge is 0.407 e. The van der Waals surface area contributed by atoms with Gasteiger partial charge in [0.25, 0.3) is 0 Å². The van der Waals surface area contributed by atoms with Crippen molar-refractivity contribution in [2.45, 2.75) is 24.8 Å². The van der Waals surface area contributed by atoms with Crippen LogP contribution in [0.25, 0.3) is 0 Å². The van der Waals surface area contributed by atoms with Gasteiger partial charge < -0.3 is 19.9 Å². The summed E-state index contributed by atoms with van der Waals surface area (Å²) < 4.78 is 4.95. The van der Waals surface area contributed by atoms with Crippen LogP contribution in [0.1, 0.15) is 18.5 Å². The van der Waals surface area contributed by atoms with Gasteiger partial charge in [0.2, 0.25) is 0 Å². The summed E-state index contributed by atoms with van der Waals surface area (Å²) in [7, 11) is 0. The van der Waals surface area contributed by atoms with Crippen LogP contribution in [0.3, 0.4) is 0 Å². The van der Waals surface area contributed by atoms with E-state index in [4.69, 9.17) is 16.3 Å². The molecule has 1 aromatic heterocycles. The zero-order chi connectivity index (χ0) is 17.4. The standard InChI is InChI=1S/C17H21ClN4O3/c18-13-1-2-14(19-8-13)7-12-3-5-21(6-4-12)16(24)22-9-17(10-22)11-25-15(23)20-17/h1-2,8,12H,3-7,9-11H2,(H,20,23). The van der Waals surface area contributed by atoms with Crippen molar-refractivity contribution in [3.05, 3.63) is 29.0 Å². The highest BCUT2D eigenvalue weighted by molar-refractivity contribution is 6.30. The van der Waals surface area contributed by atoms with Crippen LogP contribution in [-0.4, -0.2) is 65.2 Å². The molecule has 0 saturated carbocycles. The first-order valence-electron chi connectivity index (χ1n) is 8.62. The van der Waals surface area contributed by atoms with E-state index in [-0.39, 0.29) is 17.7 Å². The molecule has 3 fully saturated rings. The maximum Gasteiger partial charge on any atom is 0.407 e. The molecule has 3 saturated heterocycles. The lowest BCUT2D eigenvalue weighted by Gasteiger charge is -2.48. The van der Waals surface area contributed by atoms with Crippen molar-refractivity contribution in [2.24, 2.45) is 5.92 Å².